The first-order valence-corrected chi connectivity index (χ1v) is 10.5. The van der Waals surface area contributed by atoms with Gasteiger partial charge >= 0.3 is 0 Å². The van der Waals surface area contributed by atoms with E-state index in [1.165, 1.54) is 7.11 Å². The van der Waals surface area contributed by atoms with Crippen LogP contribution >= 0.6 is 11.6 Å². The highest BCUT2D eigenvalue weighted by Gasteiger charge is 2.47. The van der Waals surface area contributed by atoms with Gasteiger partial charge in [0.15, 0.2) is 0 Å². The summed E-state index contributed by atoms with van der Waals surface area (Å²) in [5.74, 6) is -1.19. The van der Waals surface area contributed by atoms with Crippen molar-refractivity contribution in [3.05, 3.63) is 69.9 Å². The smallest absolute Gasteiger partial charge is 0.295 e. The Morgan fingerprint density at radius 1 is 1.23 bits per heavy atom. The van der Waals surface area contributed by atoms with Crippen LogP contribution in [0.3, 0.4) is 0 Å². The molecule has 3 aromatic rings. The van der Waals surface area contributed by atoms with Gasteiger partial charge in [0.25, 0.3) is 11.7 Å². The predicted octanol–water partition coefficient (Wildman–Crippen LogP) is 4.97. The zero-order valence-electron chi connectivity index (χ0n) is 17.5. The van der Waals surface area contributed by atoms with Gasteiger partial charge in [0, 0.05) is 34.3 Å². The van der Waals surface area contributed by atoms with Gasteiger partial charge in [-0.25, -0.2) is 0 Å². The topological polar surface area (TPSA) is 82.6 Å². The van der Waals surface area contributed by atoms with E-state index < -0.39 is 17.7 Å². The fourth-order valence-corrected chi connectivity index (χ4v) is 4.46. The molecule has 0 aliphatic carbocycles. The van der Waals surface area contributed by atoms with Crippen LogP contribution in [-0.2, 0) is 9.59 Å². The van der Waals surface area contributed by atoms with E-state index in [2.05, 4.69) is 4.98 Å². The molecule has 1 unspecified atom stereocenters. The summed E-state index contributed by atoms with van der Waals surface area (Å²) >= 11 is 6.12. The molecule has 7 heteroatoms. The summed E-state index contributed by atoms with van der Waals surface area (Å²) in [5, 5.41) is 12.5. The highest BCUT2D eigenvalue weighted by molar-refractivity contribution is 6.46. The number of ketones is 1. The second-order valence-corrected chi connectivity index (χ2v) is 7.96. The maximum atomic E-state index is 13.1. The number of carbonyl (C=O) groups is 2. The Morgan fingerprint density at radius 3 is 2.68 bits per heavy atom. The number of aliphatic hydroxyl groups excluding tert-OH is 1. The van der Waals surface area contributed by atoms with Crippen LogP contribution in [0.15, 0.2) is 48.0 Å². The lowest BCUT2D eigenvalue weighted by molar-refractivity contribution is -0.139. The zero-order chi connectivity index (χ0) is 22.3. The van der Waals surface area contributed by atoms with Gasteiger partial charge < -0.3 is 19.7 Å². The summed E-state index contributed by atoms with van der Waals surface area (Å²) in [4.78, 5) is 30.9. The van der Waals surface area contributed by atoms with Gasteiger partial charge in [-0.15, -0.1) is 0 Å². The second kappa shape index (κ2) is 8.12. The third kappa shape index (κ3) is 3.37. The van der Waals surface area contributed by atoms with Gasteiger partial charge in [0.1, 0.15) is 11.5 Å². The predicted molar refractivity (Wildman–Crippen MR) is 120 cm³/mol. The number of nitrogens with zero attached hydrogens (tertiary/aromatic N) is 1. The van der Waals surface area contributed by atoms with Gasteiger partial charge in [0.2, 0.25) is 0 Å². The molecule has 1 atom stereocenters. The van der Waals surface area contributed by atoms with Gasteiger partial charge in [-0.3, -0.25) is 9.59 Å². The van der Waals surface area contributed by atoms with E-state index in [0.717, 1.165) is 22.2 Å². The summed E-state index contributed by atoms with van der Waals surface area (Å²) in [6.45, 7) is 4.25. The van der Waals surface area contributed by atoms with Crippen LogP contribution in [0.5, 0.6) is 5.75 Å². The Labute approximate surface area is 185 Å². The number of hydrogen-bond donors (Lipinski definition) is 2. The number of nitrogens with one attached hydrogen (secondary N) is 1. The Bertz CT molecular complexity index is 1230. The number of hydrogen-bond acceptors (Lipinski definition) is 4. The van der Waals surface area contributed by atoms with Crippen LogP contribution < -0.4 is 4.74 Å². The minimum atomic E-state index is -0.699. The molecule has 31 heavy (non-hydrogen) atoms. The number of amides is 1. The van der Waals surface area contributed by atoms with E-state index in [4.69, 9.17) is 16.3 Å². The van der Waals surface area contributed by atoms with Crippen molar-refractivity contribution in [1.82, 2.24) is 9.88 Å². The normalized spacial score (nSPS) is 18.2. The molecule has 0 bridgehead atoms. The van der Waals surface area contributed by atoms with E-state index in [1.54, 1.807) is 23.1 Å². The molecule has 1 aliphatic heterocycles. The van der Waals surface area contributed by atoms with Crippen molar-refractivity contribution >= 4 is 40.0 Å². The maximum absolute atomic E-state index is 13.1. The number of aromatic amines is 1. The molecule has 1 amide bonds. The van der Waals surface area contributed by atoms with Crippen LogP contribution in [-0.4, -0.2) is 40.3 Å². The third-order valence-electron chi connectivity index (χ3n) is 5.65. The van der Waals surface area contributed by atoms with Crippen molar-refractivity contribution in [1.29, 1.82) is 0 Å². The SMILES string of the molecule is CCCN1C(=O)C(=O)/C(=C(/O)c2ccc(Cl)c(OC)c2)C1c1c(C)[nH]c2ccccc12. The lowest BCUT2D eigenvalue weighted by Gasteiger charge is -2.25. The molecule has 0 spiro atoms. The molecule has 4 rings (SSSR count). The molecule has 2 heterocycles. The monoisotopic (exact) mass is 438 g/mol. The van der Waals surface area contributed by atoms with Crippen LogP contribution in [0.2, 0.25) is 5.02 Å². The number of Topliss-reactive ketones (excluding diaryl/α,β-unsaturated/α-hetero) is 1. The number of halogens is 1. The number of ether oxygens (including phenoxy) is 1. The van der Waals surface area contributed by atoms with Gasteiger partial charge in [-0.1, -0.05) is 36.7 Å². The van der Waals surface area contributed by atoms with Crippen molar-refractivity contribution < 1.29 is 19.4 Å². The molecule has 160 valence electrons. The van der Waals surface area contributed by atoms with Crippen LogP contribution in [0, 0.1) is 6.92 Å². The molecule has 0 radical (unpaired) electrons. The largest absolute Gasteiger partial charge is 0.507 e. The molecule has 1 aromatic heterocycles. The Kier molecular flexibility index (Phi) is 5.50. The van der Waals surface area contributed by atoms with E-state index in [-0.39, 0.29) is 11.3 Å². The lowest BCUT2D eigenvalue weighted by Crippen LogP contribution is -2.30. The summed E-state index contributed by atoms with van der Waals surface area (Å²) in [5.41, 5.74) is 2.98. The number of fused-ring (bicyclic) bond motifs is 1. The van der Waals surface area contributed by atoms with E-state index in [1.807, 2.05) is 38.1 Å². The summed E-state index contributed by atoms with van der Waals surface area (Å²) < 4.78 is 5.25. The fraction of sp³-hybridized carbons (Fsp3) is 0.250. The maximum Gasteiger partial charge on any atom is 0.295 e. The molecule has 2 N–H and O–H groups in total. The zero-order valence-corrected chi connectivity index (χ0v) is 18.3. The van der Waals surface area contributed by atoms with Crippen molar-refractivity contribution in [2.24, 2.45) is 0 Å². The third-order valence-corrected chi connectivity index (χ3v) is 5.96. The second-order valence-electron chi connectivity index (χ2n) is 7.55. The number of likely N-dealkylation sites (tertiary alicyclic amines) is 1. The van der Waals surface area contributed by atoms with Gasteiger partial charge in [-0.05, 0) is 37.6 Å². The first-order valence-electron chi connectivity index (χ1n) is 10.1. The number of aromatic nitrogens is 1. The van der Waals surface area contributed by atoms with Crippen LogP contribution in [0.4, 0.5) is 0 Å². The van der Waals surface area contributed by atoms with Crippen LogP contribution in [0.1, 0.15) is 36.2 Å². The summed E-state index contributed by atoms with van der Waals surface area (Å²) in [7, 11) is 1.47. The van der Waals surface area contributed by atoms with Crippen molar-refractivity contribution in [2.75, 3.05) is 13.7 Å². The number of aliphatic hydroxyl groups is 1. The molecule has 2 aromatic carbocycles. The molecule has 1 saturated heterocycles. The lowest BCUT2D eigenvalue weighted by atomic mass is 9.93. The van der Waals surface area contributed by atoms with Gasteiger partial charge in [0.05, 0.1) is 23.7 Å². The van der Waals surface area contributed by atoms with E-state index in [0.29, 0.717) is 29.3 Å². The Morgan fingerprint density at radius 2 is 1.97 bits per heavy atom. The first kappa shape index (κ1) is 21.0. The summed E-state index contributed by atoms with van der Waals surface area (Å²) in [6, 6.07) is 11.8. The number of benzene rings is 2. The van der Waals surface area contributed by atoms with Gasteiger partial charge in [-0.2, -0.15) is 0 Å². The molecule has 1 aliphatic rings. The average Bonchev–Trinajstić information content (AvgIpc) is 3.21. The van der Waals surface area contributed by atoms with Crippen molar-refractivity contribution in [2.45, 2.75) is 26.3 Å². The van der Waals surface area contributed by atoms with E-state index in [9.17, 15) is 14.7 Å². The average molecular weight is 439 g/mol. The first-order chi connectivity index (χ1) is 14.9. The molecular weight excluding hydrogens is 416 g/mol. The molecule has 0 saturated carbocycles. The van der Waals surface area contributed by atoms with Crippen molar-refractivity contribution in [3.8, 4) is 5.75 Å². The highest BCUT2D eigenvalue weighted by atomic mass is 35.5. The Balaban J connectivity index is 1.99. The molecule has 6 nitrogen and oxygen atoms in total. The number of aryl methyl sites for hydroxylation is 1. The molecule has 1 fully saturated rings. The number of para-hydroxylation sites is 1. The number of carbonyl (C=O) groups excluding carboxylic acids is 2. The van der Waals surface area contributed by atoms with Crippen molar-refractivity contribution in [3.63, 3.8) is 0 Å². The molecular formula is C24H23ClN2O4. The van der Waals surface area contributed by atoms with E-state index >= 15 is 0 Å². The number of methoxy groups -OCH3 is 1. The van der Waals surface area contributed by atoms with Crippen LogP contribution in [0.25, 0.3) is 16.7 Å². The minimum absolute atomic E-state index is 0.0654. The minimum Gasteiger partial charge on any atom is -0.507 e. The fourth-order valence-electron chi connectivity index (χ4n) is 4.26. The quantitative estimate of drug-likeness (QED) is 0.334. The Hall–Kier alpha value is -3.25. The highest BCUT2D eigenvalue weighted by Crippen LogP contribution is 2.43. The standard InChI is InChI=1S/C24H23ClN2O4/c1-4-11-27-21(19-13(2)26-17-8-6-5-7-15(17)19)20(23(29)24(27)30)22(28)14-9-10-16(25)18(12-14)31-3/h5-10,12,21,26,28H,4,11H2,1-3H3/b22-20+. The number of rotatable bonds is 5. The summed E-state index contributed by atoms with van der Waals surface area (Å²) in [6.07, 6.45) is 0.680. The number of H-pyrrole nitrogens is 1.